The highest BCUT2D eigenvalue weighted by atomic mass is 16.5. The number of rotatable bonds is 2. The molecule has 4 heteroatoms. The number of methoxy groups -OCH3 is 1. The normalized spacial score (nSPS) is 9.46. The standard InChI is InChI=1S/C9H11N2O2/c1-7(12)11(2)8-5-4-6-10-9(8)13-3/h4,6H,1-3H3. The number of anilines is 1. The minimum atomic E-state index is -0.0810. The van der Waals surface area contributed by atoms with Crippen LogP contribution in [0.15, 0.2) is 12.3 Å². The van der Waals surface area contributed by atoms with Crippen LogP contribution in [0.3, 0.4) is 0 Å². The van der Waals surface area contributed by atoms with Gasteiger partial charge in [-0.2, -0.15) is 0 Å². The van der Waals surface area contributed by atoms with Gasteiger partial charge in [-0.15, -0.1) is 0 Å². The number of carbonyl (C=O) groups is 1. The number of amides is 1. The molecule has 1 aromatic rings. The molecule has 0 aliphatic rings. The predicted molar refractivity (Wildman–Crippen MR) is 48.7 cm³/mol. The van der Waals surface area contributed by atoms with Crippen LogP contribution < -0.4 is 9.64 Å². The number of nitrogens with zero attached hydrogens (tertiary/aromatic N) is 2. The number of aromatic nitrogens is 1. The van der Waals surface area contributed by atoms with Crippen LogP contribution in [0.5, 0.6) is 5.88 Å². The first-order chi connectivity index (χ1) is 6.16. The lowest BCUT2D eigenvalue weighted by atomic mass is 10.3. The van der Waals surface area contributed by atoms with Crippen LogP contribution in [0.4, 0.5) is 5.69 Å². The monoisotopic (exact) mass is 179 g/mol. The smallest absolute Gasteiger partial charge is 0.238 e. The Kier molecular flexibility index (Phi) is 2.84. The van der Waals surface area contributed by atoms with Crippen LogP contribution in [0.25, 0.3) is 0 Å². The second-order valence-corrected chi connectivity index (χ2v) is 2.53. The first kappa shape index (κ1) is 9.51. The average molecular weight is 179 g/mol. The van der Waals surface area contributed by atoms with Gasteiger partial charge in [0.15, 0.2) is 0 Å². The van der Waals surface area contributed by atoms with Crippen molar-refractivity contribution in [1.82, 2.24) is 4.98 Å². The summed E-state index contributed by atoms with van der Waals surface area (Å²) in [6.07, 6.45) is 1.57. The lowest BCUT2D eigenvalue weighted by Gasteiger charge is -2.16. The SMILES string of the molecule is COc1ncc[c]c1N(C)C(C)=O. The maximum atomic E-state index is 11.0. The zero-order valence-electron chi connectivity index (χ0n) is 7.87. The van der Waals surface area contributed by atoms with Gasteiger partial charge in [-0.05, 0) is 6.07 Å². The molecule has 0 spiro atoms. The molecule has 1 rings (SSSR count). The van der Waals surface area contributed by atoms with Crippen molar-refractivity contribution < 1.29 is 9.53 Å². The Morgan fingerprint density at radius 3 is 2.92 bits per heavy atom. The van der Waals surface area contributed by atoms with E-state index < -0.39 is 0 Å². The molecule has 0 atom stereocenters. The number of carbonyl (C=O) groups excluding carboxylic acids is 1. The number of hydrogen-bond acceptors (Lipinski definition) is 3. The van der Waals surface area contributed by atoms with Crippen molar-refractivity contribution in [3.63, 3.8) is 0 Å². The van der Waals surface area contributed by atoms with Gasteiger partial charge in [-0.25, -0.2) is 4.98 Å². The molecule has 69 valence electrons. The van der Waals surface area contributed by atoms with Crippen LogP contribution >= 0.6 is 0 Å². The van der Waals surface area contributed by atoms with Gasteiger partial charge >= 0.3 is 0 Å². The van der Waals surface area contributed by atoms with Crippen molar-refractivity contribution >= 4 is 11.6 Å². The molecule has 0 bridgehead atoms. The Labute approximate surface area is 77.1 Å². The van der Waals surface area contributed by atoms with Crippen molar-refractivity contribution in [3.8, 4) is 5.88 Å². The summed E-state index contributed by atoms with van der Waals surface area (Å²) in [5, 5.41) is 0. The molecule has 13 heavy (non-hydrogen) atoms. The van der Waals surface area contributed by atoms with E-state index in [0.717, 1.165) is 0 Å². The van der Waals surface area contributed by atoms with E-state index in [-0.39, 0.29) is 5.91 Å². The summed E-state index contributed by atoms with van der Waals surface area (Å²) in [5.41, 5.74) is 0.553. The minimum Gasteiger partial charge on any atom is -0.479 e. The second kappa shape index (κ2) is 3.89. The van der Waals surface area contributed by atoms with Crippen molar-refractivity contribution in [3.05, 3.63) is 18.3 Å². The van der Waals surface area contributed by atoms with Gasteiger partial charge in [-0.1, -0.05) is 0 Å². The summed E-state index contributed by atoms with van der Waals surface area (Å²) < 4.78 is 4.98. The quantitative estimate of drug-likeness (QED) is 0.676. The molecule has 0 saturated carbocycles. The van der Waals surface area contributed by atoms with Gasteiger partial charge in [0.05, 0.1) is 7.11 Å². The second-order valence-electron chi connectivity index (χ2n) is 2.53. The maximum absolute atomic E-state index is 11.0. The van der Waals surface area contributed by atoms with Gasteiger partial charge in [0.2, 0.25) is 11.8 Å². The molecule has 0 saturated heterocycles. The number of hydrogen-bond donors (Lipinski definition) is 0. The predicted octanol–water partition coefficient (Wildman–Crippen LogP) is 0.873. The van der Waals surface area contributed by atoms with Crippen molar-refractivity contribution in [1.29, 1.82) is 0 Å². The molecule has 0 aromatic carbocycles. The Morgan fingerprint density at radius 1 is 1.69 bits per heavy atom. The Balaban J connectivity index is 3.05. The van der Waals surface area contributed by atoms with Gasteiger partial charge in [0.25, 0.3) is 0 Å². The molecule has 1 aromatic heterocycles. The Bertz CT molecular complexity index is 312. The molecular weight excluding hydrogens is 168 g/mol. The lowest BCUT2D eigenvalue weighted by Crippen LogP contribution is -2.23. The third-order valence-corrected chi connectivity index (χ3v) is 1.69. The van der Waals surface area contributed by atoms with Gasteiger partial charge < -0.3 is 9.64 Å². The maximum Gasteiger partial charge on any atom is 0.238 e. The highest BCUT2D eigenvalue weighted by Gasteiger charge is 2.11. The molecule has 1 heterocycles. The largest absolute Gasteiger partial charge is 0.479 e. The zero-order valence-corrected chi connectivity index (χ0v) is 7.87. The van der Waals surface area contributed by atoms with Crippen LogP contribution in [0, 0.1) is 6.07 Å². The van der Waals surface area contributed by atoms with E-state index in [2.05, 4.69) is 11.1 Å². The molecule has 1 radical (unpaired) electrons. The molecule has 0 fully saturated rings. The molecule has 0 aliphatic heterocycles. The van der Waals surface area contributed by atoms with E-state index in [0.29, 0.717) is 11.6 Å². The van der Waals surface area contributed by atoms with Gasteiger partial charge in [0, 0.05) is 26.2 Å². The van der Waals surface area contributed by atoms with E-state index >= 15 is 0 Å². The molecular formula is C9H11N2O2. The van der Waals surface area contributed by atoms with Gasteiger partial charge in [0.1, 0.15) is 5.69 Å². The fraction of sp³-hybridized carbons (Fsp3) is 0.333. The van der Waals surface area contributed by atoms with Crippen LogP contribution in [0.2, 0.25) is 0 Å². The summed E-state index contributed by atoms with van der Waals surface area (Å²) in [4.78, 5) is 16.4. The minimum absolute atomic E-state index is 0.0810. The summed E-state index contributed by atoms with van der Waals surface area (Å²) in [6.45, 7) is 1.47. The van der Waals surface area contributed by atoms with Crippen molar-refractivity contribution in [2.45, 2.75) is 6.92 Å². The fourth-order valence-electron chi connectivity index (χ4n) is 0.891. The summed E-state index contributed by atoms with van der Waals surface area (Å²) in [7, 11) is 3.16. The fourth-order valence-corrected chi connectivity index (χ4v) is 0.891. The van der Waals surface area contributed by atoms with Crippen LogP contribution in [0.1, 0.15) is 6.92 Å². The van der Waals surface area contributed by atoms with Crippen molar-refractivity contribution in [2.75, 3.05) is 19.1 Å². The number of pyridine rings is 1. The molecule has 0 N–H and O–H groups in total. The van der Waals surface area contributed by atoms with Crippen LogP contribution in [-0.4, -0.2) is 25.0 Å². The van der Waals surface area contributed by atoms with E-state index in [1.165, 1.54) is 18.9 Å². The van der Waals surface area contributed by atoms with E-state index in [9.17, 15) is 4.79 Å². The zero-order chi connectivity index (χ0) is 9.84. The first-order valence-electron chi connectivity index (χ1n) is 3.81. The third kappa shape index (κ3) is 1.96. The summed E-state index contributed by atoms with van der Waals surface area (Å²) in [5.74, 6) is 0.322. The van der Waals surface area contributed by atoms with Crippen molar-refractivity contribution in [2.24, 2.45) is 0 Å². The average Bonchev–Trinajstić information content (AvgIpc) is 2.16. The highest BCUT2D eigenvalue weighted by Crippen LogP contribution is 2.22. The molecule has 0 aliphatic carbocycles. The lowest BCUT2D eigenvalue weighted by molar-refractivity contribution is -0.116. The Hall–Kier alpha value is -1.58. The Morgan fingerprint density at radius 2 is 2.38 bits per heavy atom. The van der Waals surface area contributed by atoms with E-state index in [1.807, 2.05) is 0 Å². The molecule has 1 amide bonds. The van der Waals surface area contributed by atoms with E-state index in [1.54, 1.807) is 19.3 Å². The van der Waals surface area contributed by atoms with Gasteiger partial charge in [-0.3, -0.25) is 4.79 Å². The summed E-state index contributed by atoms with van der Waals surface area (Å²) >= 11 is 0. The molecule has 0 unspecified atom stereocenters. The topological polar surface area (TPSA) is 42.4 Å². The third-order valence-electron chi connectivity index (χ3n) is 1.69. The first-order valence-corrected chi connectivity index (χ1v) is 3.81. The highest BCUT2D eigenvalue weighted by molar-refractivity contribution is 5.91. The van der Waals surface area contributed by atoms with E-state index in [4.69, 9.17) is 4.74 Å². The summed E-state index contributed by atoms with van der Waals surface area (Å²) in [6, 6.07) is 4.52. The molecule has 4 nitrogen and oxygen atoms in total. The van der Waals surface area contributed by atoms with Crippen LogP contribution in [-0.2, 0) is 4.79 Å². The number of ether oxygens (including phenoxy) is 1.